The molecule has 0 aliphatic rings. The molecule has 0 aliphatic carbocycles. The van der Waals surface area contributed by atoms with Gasteiger partial charge in [0.25, 0.3) is 5.89 Å². The Bertz CT molecular complexity index is 1090. The van der Waals surface area contributed by atoms with E-state index in [0.717, 1.165) is 16.0 Å². The van der Waals surface area contributed by atoms with Crippen molar-refractivity contribution < 1.29 is 14.1 Å². The van der Waals surface area contributed by atoms with Crippen LogP contribution in [-0.4, -0.2) is 21.1 Å². The maximum atomic E-state index is 12.5. The van der Waals surface area contributed by atoms with Crippen molar-refractivity contribution in [3.05, 3.63) is 76.7 Å². The van der Waals surface area contributed by atoms with Gasteiger partial charge in [0.05, 0.1) is 0 Å². The van der Waals surface area contributed by atoms with E-state index in [1.54, 1.807) is 31.5 Å². The Morgan fingerprint density at radius 3 is 2.71 bits per heavy atom. The van der Waals surface area contributed by atoms with Gasteiger partial charge >= 0.3 is 5.97 Å². The first kappa shape index (κ1) is 18.3. The number of benzene rings is 1. The Labute approximate surface area is 169 Å². The van der Waals surface area contributed by atoms with Gasteiger partial charge in [-0.2, -0.15) is 4.98 Å². The second-order valence-electron chi connectivity index (χ2n) is 5.92. The first-order chi connectivity index (χ1) is 13.6. The van der Waals surface area contributed by atoms with Gasteiger partial charge in [0.15, 0.2) is 6.10 Å². The molecule has 1 aromatic carbocycles. The molecule has 3 heterocycles. The van der Waals surface area contributed by atoms with Crippen molar-refractivity contribution in [1.29, 1.82) is 0 Å². The van der Waals surface area contributed by atoms with Gasteiger partial charge in [0.2, 0.25) is 5.82 Å². The lowest BCUT2D eigenvalue weighted by molar-refractivity contribution is 0.0271. The van der Waals surface area contributed by atoms with Crippen LogP contribution in [0.25, 0.3) is 21.8 Å². The molecule has 0 saturated heterocycles. The van der Waals surface area contributed by atoms with Crippen molar-refractivity contribution in [2.75, 3.05) is 0 Å². The molecule has 0 amide bonds. The molecule has 0 aliphatic heterocycles. The molecule has 0 N–H and O–H groups in total. The number of thiophene rings is 1. The molecule has 1 unspecified atom stereocenters. The quantitative estimate of drug-likeness (QED) is 0.407. The van der Waals surface area contributed by atoms with Crippen LogP contribution in [0.5, 0.6) is 0 Å². The molecule has 4 aromatic rings. The van der Waals surface area contributed by atoms with E-state index in [9.17, 15) is 4.79 Å². The fourth-order valence-electron chi connectivity index (χ4n) is 2.50. The third-order valence-electron chi connectivity index (χ3n) is 3.93. The maximum absolute atomic E-state index is 12.5. The van der Waals surface area contributed by atoms with E-state index in [0.29, 0.717) is 15.7 Å². The molecule has 0 spiro atoms. The predicted octanol–water partition coefficient (Wildman–Crippen LogP) is 5.43. The summed E-state index contributed by atoms with van der Waals surface area (Å²) in [6.07, 6.45) is 2.62. The average molecular weight is 412 g/mol. The van der Waals surface area contributed by atoms with Crippen LogP contribution < -0.4 is 0 Å². The Balaban J connectivity index is 1.45. The second kappa shape index (κ2) is 7.92. The number of carbonyl (C=O) groups is 1. The lowest BCUT2D eigenvalue weighted by Crippen LogP contribution is -2.08. The lowest BCUT2D eigenvalue weighted by Gasteiger charge is -2.07. The summed E-state index contributed by atoms with van der Waals surface area (Å²) in [5.74, 6) is 0.174. The van der Waals surface area contributed by atoms with Crippen LogP contribution in [0.1, 0.15) is 28.6 Å². The van der Waals surface area contributed by atoms with Crippen LogP contribution in [0.2, 0.25) is 5.02 Å². The van der Waals surface area contributed by atoms with Crippen molar-refractivity contribution >= 4 is 28.9 Å². The van der Waals surface area contributed by atoms with E-state index >= 15 is 0 Å². The fraction of sp³-hybridized carbons (Fsp3) is 0.100. The Morgan fingerprint density at radius 2 is 1.96 bits per heavy atom. The Kier molecular flexibility index (Phi) is 5.18. The van der Waals surface area contributed by atoms with Crippen LogP contribution in [0.4, 0.5) is 0 Å². The largest absolute Gasteiger partial charge is 0.448 e. The van der Waals surface area contributed by atoms with Gasteiger partial charge in [-0.25, -0.2) is 4.79 Å². The molecule has 28 heavy (non-hydrogen) atoms. The molecule has 0 saturated carbocycles. The maximum Gasteiger partial charge on any atom is 0.349 e. The highest BCUT2D eigenvalue weighted by atomic mass is 35.5. The van der Waals surface area contributed by atoms with Crippen LogP contribution in [0.15, 0.2) is 65.4 Å². The number of aromatic nitrogens is 3. The van der Waals surface area contributed by atoms with Gasteiger partial charge in [0.1, 0.15) is 4.88 Å². The number of rotatable bonds is 5. The molecule has 3 aromatic heterocycles. The number of pyridine rings is 1. The molecule has 4 rings (SSSR count). The van der Waals surface area contributed by atoms with Gasteiger partial charge in [-0.05, 0) is 48.9 Å². The van der Waals surface area contributed by atoms with Crippen LogP contribution >= 0.6 is 22.9 Å². The van der Waals surface area contributed by atoms with Crippen LogP contribution in [0.3, 0.4) is 0 Å². The van der Waals surface area contributed by atoms with Crippen molar-refractivity contribution in [1.82, 2.24) is 15.1 Å². The molecule has 8 heteroatoms. The standard InChI is InChI=1S/C20H14ClN3O3S/c1-12(19-23-18(24-27-19)14-3-2-10-22-11-14)26-20(25)17-9-8-16(28-17)13-4-6-15(21)7-5-13/h2-12H,1H3. The van der Waals surface area contributed by atoms with Crippen molar-refractivity contribution in [3.8, 4) is 21.8 Å². The van der Waals surface area contributed by atoms with Crippen molar-refractivity contribution in [2.45, 2.75) is 13.0 Å². The normalized spacial score (nSPS) is 11.9. The summed E-state index contributed by atoms with van der Waals surface area (Å²) >= 11 is 7.26. The van der Waals surface area contributed by atoms with Crippen LogP contribution in [-0.2, 0) is 4.74 Å². The lowest BCUT2D eigenvalue weighted by atomic mass is 10.2. The van der Waals surface area contributed by atoms with E-state index in [1.165, 1.54) is 11.3 Å². The second-order valence-corrected chi connectivity index (χ2v) is 7.44. The third-order valence-corrected chi connectivity index (χ3v) is 5.30. The minimum absolute atomic E-state index is 0.224. The summed E-state index contributed by atoms with van der Waals surface area (Å²) in [4.78, 5) is 22.2. The number of nitrogens with zero attached hydrogens (tertiary/aromatic N) is 3. The average Bonchev–Trinajstić information content (AvgIpc) is 3.39. The number of halogens is 1. The number of hydrogen-bond donors (Lipinski definition) is 0. The highest BCUT2D eigenvalue weighted by Gasteiger charge is 2.21. The highest BCUT2D eigenvalue weighted by molar-refractivity contribution is 7.17. The zero-order valence-electron chi connectivity index (χ0n) is 14.7. The zero-order valence-corrected chi connectivity index (χ0v) is 16.3. The third kappa shape index (κ3) is 3.95. The van der Waals surface area contributed by atoms with E-state index in [-0.39, 0.29) is 5.89 Å². The minimum atomic E-state index is -0.675. The number of ether oxygens (including phenoxy) is 1. The van der Waals surface area contributed by atoms with Crippen molar-refractivity contribution in [2.24, 2.45) is 0 Å². The van der Waals surface area contributed by atoms with Gasteiger partial charge in [-0.1, -0.05) is 28.9 Å². The molecule has 0 fully saturated rings. The molecule has 140 valence electrons. The summed E-state index contributed by atoms with van der Waals surface area (Å²) in [5, 5.41) is 4.58. The molecule has 6 nitrogen and oxygen atoms in total. The Morgan fingerprint density at radius 1 is 1.14 bits per heavy atom. The highest BCUT2D eigenvalue weighted by Crippen LogP contribution is 2.30. The molecule has 0 bridgehead atoms. The Hall–Kier alpha value is -3.03. The van der Waals surface area contributed by atoms with Crippen LogP contribution in [0, 0.1) is 0 Å². The number of hydrogen-bond acceptors (Lipinski definition) is 7. The topological polar surface area (TPSA) is 78.1 Å². The molecule has 0 radical (unpaired) electrons. The summed E-state index contributed by atoms with van der Waals surface area (Å²) in [6, 6.07) is 14.7. The summed E-state index contributed by atoms with van der Waals surface area (Å²) in [6.45, 7) is 1.69. The number of carbonyl (C=O) groups excluding carboxylic acids is 1. The number of esters is 1. The van der Waals surface area contributed by atoms with Gasteiger partial charge in [-0.3, -0.25) is 4.98 Å². The summed E-state index contributed by atoms with van der Waals surface area (Å²) in [7, 11) is 0. The van der Waals surface area contributed by atoms with Gasteiger partial charge in [0, 0.05) is 27.9 Å². The molecular formula is C20H14ClN3O3S. The van der Waals surface area contributed by atoms with Gasteiger partial charge < -0.3 is 9.26 Å². The first-order valence-corrected chi connectivity index (χ1v) is 9.60. The van der Waals surface area contributed by atoms with Crippen molar-refractivity contribution in [3.63, 3.8) is 0 Å². The fourth-order valence-corrected chi connectivity index (χ4v) is 3.52. The van der Waals surface area contributed by atoms with Gasteiger partial charge in [-0.15, -0.1) is 11.3 Å². The minimum Gasteiger partial charge on any atom is -0.448 e. The van der Waals surface area contributed by atoms with E-state index in [1.807, 2.05) is 36.4 Å². The molecule has 1 atom stereocenters. The zero-order chi connectivity index (χ0) is 19.5. The SMILES string of the molecule is CC(OC(=O)c1ccc(-c2ccc(Cl)cc2)s1)c1nc(-c2cccnc2)no1. The van der Waals surface area contributed by atoms with E-state index in [4.69, 9.17) is 20.9 Å². The summed E-state index contributed by atoms with van der Waals surface area (Å²) < 4.78 is 10.7. The first-order valence-electron chi connectivity index (χ1n) is 8.41. The van der Waals surface area contributed by atoms with E-state index in [2.05, 4.69) is 15.1 Å². The predicted molar refractivity (Wildman–Crippen MR) is 106 cm³/mol. The molecular weight excluding hydrogens is 398 g/mol. The smallest absolute Gasteiger partial charge is 0.349 e. The monoisotopic (exact) mass is 411 g/mol. The van der Waals surface area contributed by atoms with E-state index < -0.39 is 12.1 Å². The summed E-state index contributed by atoms with van der Waals surface area (Å²) in [5.41, 5.74) is 1.71.